The largest absolute Gasteiger partial charge is 0.487 e. The van der Waals surface area contributed by atoms with E-state index in [1.807, 2.05) is 24.3 Å². The quantitative estimate of drug-likeness (QED) is 0.661. The number of carbonyl (C=O) groups is 1. The number of anilines is 1. The van der Waals surface area contributed by atoms with Crippen molar-refractivity contribution in [3.05, 3.63) is 46.7 Å². The topological polar surface area (TPSA) is 88.6 Å². The number of hydrogen-bond donors (Lipinski definition) is 1. The molecule has 1 atom stereocenters. The number of ether oxygens (including phenoxy) is 1. The summed E-state index contributed by atoms with van der Waals surface area (Å²) in [5.74, 6) is 0.426. The van der Waals surface area contributed by atoms with Crippen LogP contribution < -0.4 is 10.1 Å². The van der Waals surface area contributed by atoms with Gasteiger partial charge in [-0.05, 0) is 36.4 Å². The van der Waals surface area contributed by atoms with Crippen LogP contribution in [0, 0.1) is 0 Å². The Labute approximate surface area is 176 Å². The standard InChI is InChI=1S/C19H17N3O4S3/c23-18(13-6-3-9-22(13)29(24,25)16-8-4-10-27-16)21-19-20-17-12-5-1-2-7-14(12)26-11-15(17)28-19/h1-2,4-5,7-8,10,13H,3,6,9,11H2,(H,20,21,23)/t13-/m0/s1. The minimum atomic E-state index is -3.67. The Morgan fingerprint density at radius 1 is 1.24 bits per heavy atom. The molecule has 1 aromatic carbocycles. The lowest BCUT2D eigenvalue weighted by Gasteiger charge is -2.22. The summed E-state index contributed by atoms with van der Waals surface area (Å²) >= 11 is 2.52. The predicted molar refractivity (Wildman–Crippen MR) is 112 cm³/mol. The van der Waals surface area contributed by atoms with Crippen LogP contribution in [0.1, 0.15) is 17.7 Å². The van der Waals surface area contributed by atoms with Gasteiger partial charge in [-0.2, -0.15) is 4.31 Å². The molecule has 0 spiro atoms. The normalized spacial score (nSPS) is 18.7. The van der Waals surface area contributed by atoms with Gasteiger partial charge in [-0.3, -0.25) is 4.79 Å². The summed E-state index contributed by atoms with van der Waals surface area (Å²) in [7, 11) is -3.67. The molecular formula is C19H17N3O4S3. The number of nitrogens with one attached hydrogen (secondary N) is 1. The number of benzene rings is 1. The zero-order valence-electron chi connectivity index (χ0n) is 15.2. The molecule has 3 aromatic rings. The third kappa shape index (κ3) is 3.25. The van der Waals surface area contributed by atoms with E-state index in [0.29, 0.717) is 31.1 Å². The number of rotatable bonds is 4. The van der Waals surface area contributed by atoms with Crippen LogP contribution in [0.15, 0.2) is 46.0 Å². The third-order valence-electron chi connectivity index (χ3n) is 4.99. The van der Waals surface area contributed by atoms with Crippen molar-refractivity contribution in [2.24, 2.45) is 0 Å². The van der Waals surface area contributed by atoms with Crippen LogP contribution in [0.2, 0.25) is 0 Å². The van der Waals surface area contributed by atoms with Crippen molar-refractivity contribution in [1.82, 2.24) is 9.29 Å². The first-order chi connectivity index (χ1) is 14.0. The summed E-state index contributed by atoms with van der Waals surface area (Å²) in [5.41, 5.74) is 1.70. The molecule has 29 heavy (non-hydrogen) atoms. The Morgan fingerprint density at radius 3 is 2.93 bits per heavy atom. The molecule has 1 saturated heterocycles. The van der Waals surface area contributed by atoms with Crippen LogP contribution in [-0.2, 0) is 21.4 Å². The summed E-state index contributed by atoms with van der Waals surface area (Å²) in [4.78, 5) is 18.4. The molecule has 2 aromatic heterocycles. The van der Waals surface area contributed by atoms with Crippen molar-refractivity contribution < 1.29 is 17.9 Å². The number of thiazole rings is 1. The number of para-hydroxylation sites is 1. The lowest BCUT2D eigenvalue weighted by molar-refractivity contribution is -0.119. The van der Waals surface area contributed by atoms with Crippen molar-refractivity contribution >= 4 is 43.7 Å². The maximum absolute atomic E-state index is 12.9. The highest BCUT2D eigenvalue weighted by atomic mass is 32.2. The van der Waals surface area contributed by atoms with Gasteiger partial charge >= 0.3 is 0 Å². The summed E-state index contributed by atoms with van der Waals surface area (Å²) in [6.07, 6.45) is 1.14. The molecule has 1 fully saturated rings. The lowest BCUT2D eigenvalue weighted by atomic mass is 10.1. The Bertz CT molecular complexity index is 1170. The van der Waals surface area contributed by atoms with E-state index in [1.54, 1.807) is 17.5 Å². The minimum Gasteiger partial charge on any atom is -0.487 e. The van der Waals surface area contributed by atoms with E-state index in [2.05, 4.69) is 10.3 Å². The molecule has 0 unspecified atom stereocenters. The van der Waals surface area contributed by atoms with Gasteiger partial charge in [0.1, 0.15) is 22.6 Å². The Morgan fingerprint density at radius 2 is 2.10 bits per heavy atom. The van der Waals surface area contributed by atoms with Gasteiger partial charge in [0.25, 0.3) is 10.0 Å². The van der Waals surface area contributed by atoms with E-state index in [4.69, 9.17) is 4.74 Å². The molecule has 2 aliphatic rings. The van der Waals surface area contributed by atoms with Crippen LogP contribution in [0.3, 0.4) is 0 Å². The highest BCUT2D eigenvalue weighted by Crippen LogP contribution is 2.41. The second-order valence-corrected chi connectivity index (χ2v) is 10.9. The van der Waals surface area contributed by atoms with Gasteiger partial charge < -0.3 is 10.1 Å². The molecule has 4 heterocycles. The van der Waals surface area contributed by atoms with E-state index in [1.165, 1.54) is 15.6 Å². The molecule has 0 bridgehead atoms. The predicted octanol–water partition coefficient (Wildman–Crippen LogP) is 3.56. The number of fused-ring (bicyclic) bond motifs is 3. The summed E-state index contributed by atoms with van der Waals surface area (Å²) in [5, 5.41) is 5.01. The second kappa shape index (κ2) is 7.21. The molecular weight excluding hydrogens is 430 g/mol. The fourth-order valence-corrected chi connectivity index (χ4v) is 7.32. The van der Waals surface area contributed by atoms with E-state index in [0.717, 1.165) is 33.2 Å². The molecule has 7 nitrogen and oxygen atoms in total. The van der Waals surface area contributed by atoms with E-state index >= 15 is 0 Å². The van der Waals surface area contributed by atoms with Gasteiger partial charge in [-0.1, -0.05) is 29.5 Å². The van der Waals surface area contributed by atoms with Gasteiger partial charge in [0, 0.05) is 12.1 Å². The molecule has 0 saturated carbocycles. The number of nitrogens with zero attached hydrogens (tertiary/aromatic N) is 2. The second-order valence-electron chi connectivity index (χ2n) is 6.77. The highest BCUT2D eigenvalue weighted by molar-refractivity contribution is 7.91. The number of carbonyl (C=O) groups excluding carboxylic acids is 1. The molecule has 1 amide bonds. The highest BCUT2D eigenvalue weighted by Gasteiger charge is 2.40. The fraction of sp³-hybridized carbons (Fsp3) is 0.263. The maximum Gasteiger partial charge on any atom is 0.253 e. The summed E-state index contributed by atoms with van der Waals surface area (Å²) in [6.45, 7) is 0.746. The van der Waals surface area contributed by atoms with Crippen LogP contribution >= 0.6 is 22.7 Å². The number of hydrogen-bond acceptors (Lipinski definition) is 7. The summed E-state index contributed by atoms with van der Waals surface area (Å²) in [6, 6.07) is 10.2. The monoisotopic (exact) mass is 447 g/mol. The van der Waals surface area contributed by atoms with Crippen LogP contribution in [0.5, 0.6) is 5.75 Å². The number of sulfonamides is 1. The fourth-order valence-electron chi connectivity index (χ4n) is 3.65. The van der Waals surface area contributed by atoms with Crippen molar-refractivity contribution in [1.29, 1.82) is 0 Å². The van der Waals surface area contributed by atoms with E-state index in [9.17, 15) is 13.2 Å². The molecule has 1 N–H and O–H groups in total. The molecule has 0 aliphatic carbocycles. The Kier molecular flexibility index (Phi) is 4.66. The zero-order valence-corrected chi connectivity index (χ0v) is 17.6. The molecule has 2 aliphatic heterocycles. The number of aromatic nitrogens is 1. The SMILES string of the molecule is O=C(Nc1nc2c(s1)COc1ccccc1-2)[C@@H]1CCCN1S(=O)(=O)c1cccs1. The van der Waals surface area contributed by atoms with Crippen molar-refractivity contribution in [2.45, 2.75) is 29.7 Å². The third-order valence-corrected chi connectivity index (χ3v) is 9.22. The van der Waals surface area contributed by atoms with Crippen molar-refractivity contribution in [2.75, 3.05) is 11.9 Å². The lowest BCUT2D eigenvalue weighted by Crippen LogP contribution is -2.42. The maximum atomic E-state index is 12.9. The van der Waals surface area contributed by atoms with Crippen molar-refractivity contribution in [3.8, 4) is 17.0 Å². The smallest absolute Gasteiger partial charge is 0.253 e. The van der Waals surface area contributed by atoms with Gasteiger partial charge in [-0.15, -0.1) is 11.3 Å². The first-order valence-corrected chi connectivity index (χ1v) is 12.3. The first-order valence-electron chi connectivity index (χ1n) is 9.12. The Balaban J connectivity index is 1.38. The first kappa shape index (κ1) is 18.7. The zero-order chi connectivity index (χ0) is 20.0. The van der Waals surface area contributed by atoms with Crippen LogP contribution in [0.4, 0.5) is 5.13 Å². The molecule has 150 valence electrons. The molecule has 0 radical (unpaired) electrons. The average Bonchev–Trinajstić information content (AvgIpc) is 3.47. The van der Waals surface area contributed by atoms with Crippen LogP contribution in [-0.4, -0.2) is 36.2 Å². The van der Waals surface area contributed by atoms with Crippen LogP contribution in [0.25, 0.3) is 11.3 Å². The molecule has 10 heteroatoms. The minimum absolute atomic E-state index is 0.260. The number of amides is 1. The summed E-state index contributed by atoms with van der Waals surface area (Å²) < 4.78 is 33.1. The molecule has 5 rings (SSSR count). The van der Waals surface area contributed by atoms with E-state index < -0.39 is 16.1 Å². The van der Waals surface area contributed by atoms with E-state index in [-0.39, 0.29) is 10.1 Å². The van der Waals surface area contributed by atoms with Gasteiger partial charge in [-0.25, -0.2) is 13.4 Å². The average molecular weight is 448 g/mol. The van der Waals surface area contributed by atoms with Crippen molar-refractivity contribution in [3.63, 3.8) is 0 Å². The van der Waals surface area contributed by atoms with Gasteiger partial charge in [0.2, 0.25) is 5.91 Å². The van der Waals surface area contributed by atoms with Gasteiger partial charge in [0.15, 0.2) is 5.13 Å². The number of thiophene rings is 1. The van der Waals surface area contributed by atoms with Gasteiger partial charge in [0.05, 0.1) is 10.6 Å². The Hall–Kier alpha value is -2.27.